The molecule has 4 heterocycles. The smallest absolute Gasteiger partial charge is 0.362 e. The maximum atomic E-state index is 13.8. The molecular weight excluding hydrogens is 478 g/mol. The molecule has 10 heteroatoms. The SMILES string of the molecule is Cc1cc(N2C[C@H]3CC[C@@H](C2)C3Cc2nc3c(-c4ccc(F)c(C(F)(F)F)c4)cccn3n2)sn1. The molecule has 2 bridgehead atoms. The Bertz CT molecular complexity index is 1380. The Balaban J connectivity index is 1.27. The summed E-state index contributed by atoms with van der Waals surface area (Å²) in [4.78, 5) is 7.18. The molecule has 0 N–H and O–H groups in total. The summed E-state index contributed by atoms with van der Waals surface area (Å²) in [6.45, 7) is 4.01. The molecule has 0 spiro atoms. The lowest BCUT2D eigenvalue weighted by molar-refractivity contribution is -0.139. The third kappa shape index (κ3) is 4.07. The summed E-state index contributed by atoms with van der Waals surface area (Å²) in [6.07, 6.45) is 0.0716. The van der Waals surface area contributed by atoms with E-state index in [-0.39, 0.29) is 5.56 Å². The van der Waals surface area contributed by atoms with E-state index in [0.29, 0.717) is 34.8 Å². The molecule has 3 atom stereocenters. The molecule has 1 saturated heterocycles. The van der Waals surface area contributed by atoms with Crippen molar-refractivity contribution >= 4 is 22.2 Å². The van der Waals surface area contributed by atoms with E-state index in [2.05, 4.69) is 20.4 Å². The van der Waals surface area contributed by atoms with Gasteiger partial charge in [-0.05, 0) is 84.9 Å². The summed E-state index contributed by atoms with van der Waals surface area (Å²) in [7, 11) is 0. The first-order valence-electron chi connectivity index (χ1n) is 11.7. The number of anilines is 1. The summed E-state index contributed by atoms with van der Waals surface area (Å²) in [6, 6.07) is 8.61. The second-order valence-corrected chi connectivity index (χ2v) is 10.4. The van der Waals surface area contributed by atoms with Gasteiger partial charge in [-0.3, -0.25) is 0 Å². The van der Waals surface area contributed by atoms with Crippen LogP contribution in [0.5, 0.6) is 0 Å². The van der Waals surface area contributed by atoms with Crippen molar-refractivity contribution in [3.05, 3.63) is 65.5 Å². The van der Waals surface area contributed by atoms with Crippen LogP contribution in [0.25, 0.3) is 16.8 Å². The molecule has 1 aliphatic carbocycles. The molecule has 4 aromatic rings. The molecule has 1 aromatic carbocycles. The average molecular weight is 502 g/mol. The van der Waals surface area contributed by atoms with Gasteiger partial charge in [0, 0.05) is 31.3 Å². The largest absolute Gasteiger partial charge is 0.419 e. The molecule has 2 aliphatic rings. The highest BCUT2D eigenvalue weighted by Crippen LogP contribution is 2.45. The number of hydrogen-bond acceptors (Lipinski definition) is 5. The van der Waals surface area contributed by atoms with Gasteiger partial charge in [0.15, 0.2) is 11.5 Å². The summed E-state index contributed by atoms with van der Waals surface area (Å²) in [5, 5.41) is 5.87. The number of fused-ring (bicyclic) bond motifs is 3. The van der Waals surface area contributed by atoms with Crippen molar-refractivity contribution in [2.24, 2.45) is 17.8 Å². The number of rotatable bonds is 4. The van der Waals surface area contributed by atoms with E-state index in [4.69, 9.17) is 4.98 Å². The van der Waals surface area contributed by atoms with Crippen LogP contribution in [0.1, 0.15) is 29.9 Å². The van der Waals surface area contributed by atoms with Gasteiger partial charge >= 0.3 is 6.18 Å². The minimum absolute atomic E-state index is 0.261. The van der Waals surface area contributed by atoms with Crippen molar-refractivity contribution < 1.29 is 17.6 Å². The zero-order chi connectivity index (χ0) is 24.3. The van der Waals surface area contributed by atoms with Crippen molar-refractivity contribution in [1.29, 1.82) is 0 Å². The van der Waals surface area contributed by atoms with Crippen molar-refractivity contribution in [3.63, 3.8) is 0 Å². The van der Waals surface area contributed by atoms with E-state index in [1.54, 1.807) is 34.4 Å². The number of aromatic nitrogens is 4. The van der Waals surface area contributed by atoms with Gasteiger partial charge in [-0.1, -0.05) is 6.07 Å². The van der Waals surface area contributed by atoms with Crippen LogP contribution in [-0.2, 0) is 12.6 Å². The Hall–Kier alpha value is -3.01. The standard InChI is InChI=1S/C25H23F4N5S/c1-14-9-23(35-32-14)33-12-16-4-5-17(13-33)19(16)11-22-30-24-18(3-2-8-34(24)31-22)15-6-7-21(26)20(10-15)25(27,28)29/h2-3,6-10,16-17,19H,4-5,11-13H2,1H3/t16-,17+,19?. The van der Waals surface area contributed by atoms with Crippen LogP contribution >= 0.6 is 11.5 Å². The fourth-order valence-corrected chi connectivity index (χ4v) is 6.51. The zero-order valence-corrected chi connectivity index (χ0v) is 19.8. The van der Waals surface area contributed by atoms with E-state index in [1.165, 1.54) is 23.9 Å². The molecule has 2 fully saturated rings. The normalized spacial score (nSPS) is 22.3. The van der Waals surface area contributed by atoms with E-state index >= 15 is 0 Å². The highest BCUT2D eigenvalue weighted by molar-refractivity contribution is 7.10. The molecule has 35 heavy (non-hydrogen) atoms. The van der Waals surface area contributed by atoms with Gasteiger partial charge in [0.05, 0.1) is 11.3 Å². The van der Waals surface area contributed by atoms with Crippen LogP contribution < -0.4 is 4.90 Å². The number of pyridine rings is 1. The number of alkyl halides is 3. The molecule has 1 unspecified atom stereocenters. The fraction of sp³-hybridized carbons (Fsp3) is 0.400. The Labute approximate surface area is 203 Å². The van der Waals surface area contributed by atoms with E-state index in [0.717, 1.165) is 37.3 Å². The molecule has 1 saturated carbocycles. The third-order valence-electron chi connectivity index (χ3n) is 7.36. The van der Waals surface area contributed by atoms with Gasteiger partial charge in [-0.25, -0.2) is 13.9 Å². The monoisotopic (exact) mass is 501 g/mol. The van der Waals surface area contributed by atoms with E-state index in [9.17, 15) is 17.6 Å². The van der Waals surface area contributed by atoms with Crippen molar-refractivity contribution in [1.82, 2.24) is 19.0 Å². The first kappa shape index (κ1) is 22.5. The Morgan fingerprint density at radius 3 is 2.54 bits per heavy atom. The highest BCUT2D eigenvalue weighted by Gasteiger charge is 2.43. The lowest BCUT2D eigenvalue weighted by Crippen LogP contribution is -2.42. The molecule has 5 nitrogen and oxygen atoms in total. The van der Waals surface area contributed by atoms with E-state index in [1.807, 2.05) is 6.92 Å². The molecule has 0 radical (unpaired) electrons. The number of benzene rings is 1. The predicted molar refractivity (Wildman–Crippen MR) is 126 cm³/mol. The van der Waals surface area contributed by atoms with Gasteiger partial charge in [0.2, 0.25) is 0 Å². The summed E-state index contributed by atoms with van der Waals surface area (Å²) < 4.78 is 59.6. The molecule has 1 aliphatic heterocycles. The minimum atomic E-state index is -4.77. The summed E-state index contributed by atoms with van der Waals surface area (Å²) in [5.74, 6) is 0.983. The number of nitrogens with zero attached hydrogens (tertiary/aromatic N) is 5. The quantitative estimate of drug-likeness (QED) is 0.321. The number of aryl methyl sites for hydroxylation is 1. The maximum Gasteiger partial charge on any atom is 0.419 e. The van der Waals surface area contributed by atoms with Gasteiger partial charge < -0.3 is 4.90 Å². The van der Waals surface area contributed by atoms with Gasteiger partial charge in [0.1, 0.15) is 10.8 Å². The van der Waals surface area contributed by atoms with Crippen LogP contribution in [0.3, 0.4) is 0 Å². The lowest BCUT2D eigenvalue weighted by Gasteiger charge is -2.38. The fourth-order valence-electron chi connectivity index (χ4n) is 5.73. The second-order valence-electron chi connectivity index (χ2n) is 9.59. The minimum Gasteiger partial charge on any atom is -0.362 e. The number of hydrogen-bond donors (Lipinski definition) is 0. The highest BCUT2D eigenvalue weighted by atomic mass is 32.1. The zero-order valence-electron chi connectivity index (χ0n) is 19.0. The predicted octanol–water partition coefficient (Wildman–Crippen LogP) is 6.02. The summed E-state index contributed by atoms with van der Waals surface area (Å²) >= 11 is 1.55. The van der Waals surface area contributed by atoms with Crippen LogP contribution in [0.4, 0.5) is 22.6 Å². The van der Waals surface area contributed by atoms with Crippen molar-refractivity contribution in [2.45, 2.75) is 32.4 Å². The first-order chi connectivity index (χ1) is 16.8. The Morgan fingerprint density at radius 1 is 1.09 bits per heavy atom. The first-order valence-corrected chi connectivity index (χ1v) is 12.4. The van der Waals surface area contributed by atoms with Crippen LogP contribution in [-0.4, -0.2) is 32.1 Å². The van der Waals surface area contributed by atoms with Crippen molar-refractivity contribution in [2.75, 3.05) is 18.0 Å². The number of piperidine rings is 1. The van der Waals surface area contributed by atoms with Gasteiger partial charge in [0.25, 0.3) is 0 Å². The second kappa shape index (κ2) is 8.29. The molecular formula is C25H23F4N5S. The van der Waals surface area contributed by atoms with E-state index < -0.39 is 17.6 Å². The molecule has 0 amide bonds. The van der Waals surface area contributed by atoms with Gasteiger partial charge in [-0.2, -0.15) is 22.6 Å². The van der Waals surface area contributed by atoms with Crippen LogP contribution in [0.2, 0.25) is 0 Å². The third-order valence-corrected chi connectivity index (χ3v) is 8.31. The van der Waals surface area contributed by atoms with Crippen LogP contribution in [0.15, 0.2) is 42.6 Å². The molecule has 182 valence electrons. The Kier molecular flexibility index (Phi) is 5.32. The topological polar surface area (TPSA) is 46.3 Å². The van der Waals surface area contributed by atoms with Gasteiger partial charge in [-0.15, -0.1) is 0 Å². The lowest BCUT2D eigenvalue weighted by atomic mass is 9.82. The van der Waals surface area contributed by atoms with Crippen LogP contribution in [0, 0.1) is 30.5 Å². The van der Waals surface area contributed by atoms with Crippen molar-refractivity contribution in [3.8, 4) is 11.1 Å². The molecule has 6 rings (SSSR count). The maximum absolute atomic E-state index is 13.8. The summed E-state index contributed by atoms with van der Waals surface area (Å²) in [5.41, 5.74) is 1.00. The number of halogens is 4. The molecule has 3 aromatic heterocycles. The average Bonchev–Trinajstić information content (AvgIpc) is 3.48. The Morgan fingerprint density at radius 2 is 1.86 bits per heavy atom.